The topological polar surface area (TPSA) is 79.5 Å². The average Bonchev–Trinajstić information content (AvgIpc) is 2.40. The molecule has 1 fully saturated rings. The molecule has 19 heavy (non-hydrogen) atoms. The van der Waals surface area contributed by atoms with E-state index in [4.69, 9.17) is 4.74 Å². The maximum absolute atomic E-state index is 12.4. The molecule has 1 aliphatic rings. The summed E-state index contributed by atoms with van der Waals surface area (Å²) < 4.78 is 31.6. The third-order valence-corrected chi connectivity index (χ3v) is 5.04. The molecule has 2 heterocycles. The first kappa shape index (κ1) is 14.2. The van der Waals surface area contributed by atoms with Crippen molar-refractivity contribution in [1.82, 2.24) is 9.29 Å². The van der Waals surface area contributed by atoms with Gasteiger partial charge < -0.3 is 9.72 Å². The van der Waals surface area contributed by atoms with Gasteiger partial charge in [-0.3, -0.25) is 4.79 Å². The third kappa shape index (κ3) is 3.05. The minimum atomic E-state index is -3.73. The van der Waals surface area contributed by atoms with Gasteiger partial charge in [0.1, 0.15) is 4.90 Å². The number of hydrogen-bond donors (Lipinski definition) is 1. The summed E-state index contributed by atoms with van der Waals surface area (Å²) >= 11 is 0. The molecule has 0 aromatic carbocycles. The smallest absolute Gasteiger partial charge is 0.248 e. The van der Waals surface area contributed by atoms with Crippen LogP contribution in [-0.2, 0) is 14.8 Å². The molecule has 0 radical (unpaired) electrons. The van der Waals surface area contributed by atoms with E-state index in [2.05, 4.69) is 4.98 Å². The van der Waals surface area contributed by atoms with Gasteiger partial charge in [-0.2, -0.15) is 4.31 Å². The molecule has 1 N–H and O–H groups in total. The van der Waals surface area contributed by atoms with E-state index in [1.165, 1.54) is 22.8 Å². The predicted molar refractivity (Wildman–Crippen MR) is 70.5 cm³/mol. The molecule has 0 aliphatic carbocycles. The Morgan fingerprint density at radius 3 is 3.00 bits per heavy atom. The number of nitrogens with one attached hydrogen (secondary N) is 1. The Morgan fingerprint density at radius 2 is 2.32 bits per heavy atom. The second-order valence-corrected chi connectivity index (χ2v) is 6.36. The van der Waals surface area contributed by atoms with Crippen molar-refractivity contribution < 1.29 is 13.2 Å². The maximum atomic E-state index is 12.4. The normalized spacial score (nSPS) is 21.4. The van der Waals surface area contributed by atoms with E-state index >= 15 is 0 Å². The number of nitrogens with zero attached hydrogens (tertiary/aromatic N) is 1. The SMILES string of the molecule is CCOC1CCCN(S(=O)(=O)c2c[nH]ccc2=O)C1. The Morgan fingerprint density at radius 1 is 1.53 bits per heavy atom. The molecular formula is C12H18N2O4S. The number of piperidine rings is 1. The van der Waals surface area contributed by atoms with Gasteiger partial charge in [0, 0.05) is 38.2 Å². The van der Waals surface area contributed by atoms with E-state index in [-0.39, 0.29) is 11.0 Å². The number of ether oxygens (including phenoxy) is 1. The van der Waals surface area contributed by atoms with Gasteiger partial charge >= 0.3 is 0 Å². The molecule has 1 atom stereocenters. The largest absolute Gasteiger partial charge is 0.377 e. The summed E-state index contributed by atoms with van der Waals surface area (Å²) in [7, 11) is -3.73. The van der Waals surface area contributed by atoms with E-state index in [0.717, 1.165) is 12.8 Å². The molecule has 0 saturated carbocycles. The molecule has 1 aromatic rings. The van der Waals surface area contributed by atoms with Crippen LogP contribution in [0.5, 0.6) is 0 Å². The van der Waals surface area contributed by atoms with Crippen molar-refractivity contribution >= 4 is 10.0 Å². The fraction of sp³-hybridized carbons (Fsp3) is 0.583. The van der Waals surface area contributed by atoms with Crippen molar-refractivity contribution in [3.8, 4) is 0 Å². The summed E-state index contributed by atoms with van der Waals surface area (Å²) in [6.45, 7) is 3.19. The van der Waals surface area contributed by atoms with Crippen molar-refractivity contribution in [3.63, 3.8) is 0 Å². The minimum Gasteiger partial charge on any atom is -0.377 e. The molecule has 6 nitrogen and oxygen atoms in total. The van der Waals surface area contributed by atoms with E-state index in [0.29, 0.717) is 19.7 Å². The van der Waals surface area contributed by atoms with Crippen LogP contribution in [0.4, 0.5) is 0 Å². The highest BCUT2D eigenvalue weighted by molar-refractivity contribution is 7.89. The first-order valence-electron chi connectivity index (χ1n) is 6.34. The molecule has 2 rings (SSSR count). The summed E-state index contributed by atoms with van der Waals surface area (Å²) in [6.07, 6.45) is 4.17. The number of aromatic nitrogens is 1. The molecule has 1 unspecified atom stereocenters. The van der Waals surface area contributed by atoms with Crippen LogP contribution in [0, 0.1) is 0 Å². The second kappa shape index (κ2) is 5.85. The molecule has 0 amide bonds. The van der Waals surface area contributed by atoms with Crippen LogP contribution in [-0.4, -0.2) is 43.5 Å². The Balaban J connectivity index is 2.25. The summed E-state index contributed by atoms with van der Waals surface area (Å²) in [5, 5.41) is 0. The molecule has 1 aliphatic heterocycles. The summed E-state index contributed by atoms with van der Waals surface area (Å²) in [5.41, 5.74) is -0.489. The van der Waals surface area contributed by atoms with Gasteiger partial charge in [0.25, 0.3) is 0 Å². The lowest BCUT2D eigenvalue weighted by molar-refractivity contribution is 0.0265. The van der Waals surface area contributed by atoms with Crippen LogP contribution < -0.4 is 5.43 Å². The molecule has 7 heteroatoms. The molecular weight excluding hydrogens is 268 g/mol. The minimum absolute atomic E-state index is 0.0867. The quantitative estimate of drug-likeness (QED) is 0.877. The predicted octanol–water partition coefficient (Wildman–Crippen LogP) is 0.565. The average molecular weight is 286 g/mol. The Hall–Kier alpha value is -1.18. The zero-order chi connectivity index (χ0) is 13.9. The van der Waals surface area contributed by atoms with Crippen molar-refractivity contribution in [3.05, 3.63) is 28.7 Å². The molecule has 1 saturated heterocycles. The number of pyridine rings is 1. The van der Waals surface area contributed by atoms with Crippen LogP contribution in [0.2, 0.25) is 0 Å². The van der Waals surface area contributed by atoms with Crippen molar-refractivity contribution in [2.24, 2.45) is 0 Å². The lowest BCUT2D eigenvalue weighted by Gasteiger charge is -2.31. The van der Waals surface area contributed by atoms with Crippen LogP contribution in [0.15, 0.2) is 28.2 Å². The highest BCUT2D eigenvalue weighted by Gasteiger charge is 2.31. The van der Waals surface area contributed by atoms with Gasteiger partial charge in [-0.05, 0) is 19.8 Å². The van der Waals surface area contributed by atoms with Crippen LogP contribution in [0.25, 0.3) is 0 Å². The third-order valence-electron chi connectivity index (χ3n) is 3.15. The first-order chi connectivity index (χ1) is 9.05. The lowest BCUT2D eigenvalue weighted by Crippen LogP contribution is -2.44. The lowest BCUT2D eigenvalue weighted by atomic mass is 10.1. The Bertz CT molecular complexity index is 579. The number of aromatic amines is 1. The summed E-state index contributed by atoms with van der Waals surface area (Å²) in [4.78, 5) is 14.1. The van der Waals surface area contributed by atoms with Crippen LogP contribution >= 0.6 is 0 Å². The number of rotatable bonds is 4. The monoisotopic (exact) mass is 286 g/mol. The number of H-pyrrole nitrogens is 1. The zero-order valence-electron chi connectivity index (χ0n) is 10.8. The molecule has 1 aromatic heterocycles. The van der Waals surface area contributed by atoms with Crippen molar-refractivity contribution in [2.75, 3.05) is 19.7 Å². The van der Waals surface area contributed by atoms with E-state index < -0.39 is 15.5 Å². The molecule has 0 bridgehead atoms. The second-order valence-electron chi connectivity index (χ2n) is 4.46. The number of hydrogen-bond acceptors (Lipinski definition) is 4. The molecule has 106 valence electrons. The van der Waals surface area contributed by atoms with Gasteiger partial charge in [0.2, 0.25) is 15.5 Å². The van der Waals surface area contributed by atoms with Crippen molar-refractivity contribution in [2.45, 2.75) is 30.8 Å². The first-order valence-corrected chi connectivity index (χ1v) is 7.78. The van der Waals surface area contributed by atoms with Crippen LogP contribution in [0.3, 0.4) is 0 Å². The zero-order valence-corrected chi connectivity index (χ0v) is 11.6. The van der Waals surface area contributed by atoms with Crippen molar-refractivity contribution in [1.29, 1.82) is 0 Å². The summed E-state index contributed by atoms with van der Waals surface area (Å²) in [5.74, 6) is 0. The fourth-order valence-electron chi connectivity index (χ4n) is 2.24. The van der Waals surface area contributed by atoms with Gasteiger partial charge in [0.05, 0.1) is 6.10 Å². The van der Waals surface area contributed by atoms with Crippen LogP contribution in [0.1, 0.15) is 19.8 Å². The highest BCUT2D eigenvalue weighted by Crippen LogP contribution is 2.19. The maximum Gasteiger partial charge on any atom is 0.248 e. The van der Waals surface area contributed by atoms with Gasteiger partial charge in [-0.25, -0.2) is 8.42 Å². The molecule has 0 spiro atoms. The number of sulfonamides is 1. The van der Waals surface area contributed by atoms with E-state index in [9.17, 15) is 13.2 Å². The fourth-order valence-corrected chi connectivity index (χ4v) is 3.79. The Kier molecular flexibility index (Phi) is 4.38. The summed E-state index contributed by atoms with van der Waals surface area (Å²) in [6, 6.07) is 1.22. The van der Waals surface area contributed by atoms with E-state index in [1.54, 1.807) is 0 Å². The van der Waals surface area contributed by atoms with Gasteiger partial charge in [-0.15, -0.1) is 0 Å². The Labute approximate surface area is 112 Å². The van der Waals surface area contributed by atoms with Gasteiger partial charge in [0.15, 0.2) is 0 Å². The highest BCUT2D eigenvalue weighted by atomic mass is 32.2. The standard InChI is InChI=1S/C12H18N2O4S/c1-2-18-10-4-3-7-14(9-10)19(16,17)12-8-13-6-5-11(12)15/h5-6,8,10H,2-4,7,9H2,1H3,(H,13,15). The van der Waals surface area contributed by atoms with Gasteiger partial charge in [-0.1, -0.05) is 0 Å². The van der Waals surface area contributed by atoms with E-state index in [1.807, 2.05) is 6.92 Å².